The Bertz CT molecular complexity index is 768. The monoisotopic (exact) mass is 412 g/mol. The molecule has 2 aromatic carbocycles. The van der Waals surface area contributed by atoms with Crippen molar-refractivity contribution >= 4 is 54.5 Å². The highest BCUT2D eigenvalue weighted by atomic mass is 79.9. The van der Waals surface area contributed by atoms with Crippen LogP contribution in [0.25, 0.3) is 16.7 Å². The molecule has 0 fully saturated rings. The molecule has 0 bridgehead atoms. The molecule has 0 saturated heterocycles. The predicted molar refractivity (Wildman–Crippen MR) is 90.9 cm³/mol. The molecule has 1 aromatic heterocycles. The van der Waals surface area contributed by atoms with E-state index in [1.54, 1.807) is 0 Å². The topological polar surface area (TPSA) is 17.8 Å². The van der Waals surface area contributed by atoms with Gasteiger partial charge in [0.05, 0.1) is 16.7 Å². The summed E-state index contributed by atoms with van der Waals surface area (Å²) in [5, 5.41) is 0. The number of fused-ring (bicyclic) bond motifs is 1. The van der Waals surface area contributed by atoms with Crippen molar-refractivity contribution in [2.45, 2.75) is 6.42 Å². The van der Waals surface area contributed by atoms with Crippen LogP contribution >= 0.6 is 43.5 Å². The zero-order valence-corrected chi connectivity index (χ0v) is 14.4. The fourth-order valence-corrected chi connectivity index (χ4v) is 3.65. The van der Waals surface area contributed by atoms with Crippen LogP contribution < -0.4 is 0 Å². The van der Waals surface area contributed by atoms with Gasteiger partial charge in [-0.3, -0.25) is 4.57 Å². The molecule has 5 heteroatoms. The molecule has 0 unspecified atom stereocenters. The normalized spacial score (nSPS) is 11.2. The van der Waals surface area contributed by atoms with E-state index in [-0.39, 0.29) is 0 Å². The van der Waals surface area contributed by atoms with Crippen molar-refractivity contribution in [1.29, 1.82) is 0 Å². The van der Waals surface area contributed by atoms with Crippen molar-refractivity contribution in [3.63, 3.8) is 0 Å². The van der Waals surface area contributed by atoms with Gasteiger partial charge >= 0.3 is 0 Å². The van der Waals surface area contributed by atoms with Gasteiger partial charge in [-0.2, -0.15) is 0 Å². The third kappa shape index (κ3) is 2.52. The maximum absolute atomic E-state index is 5.92. The van der Waals surface area contributed by atoms with E-state index < -0.39 is 0 Å². The number of nitrogens with zero attached hydrogens (tertiary/aromatic N) is 2. The van der Waals surface area contributed by atoms with Gasteiger partial charge in [-0.15, -0.1) is 11.6 Å². The molecule has 0 aliphatic heterocycles. The molecular weight excluding hydrogens is 403 g/mol. The third-order valence-electron chi connectivity index (χ3n) is 3.10. The average Bonchev–Trinajstić information content (AvgIpc) is 2.78. The van der Waals surface area contributed by atoms with Gasteiger partial charge in [0.15, 0.2) is 0 Å². The molecule has 0 spiro atoms. The highest BCUT2D eigenvalue weighted by Gasteiger charge is 2.13. The number of imidazole rings is 1. The van der Waals surface area contributed by atoms with Gasteiger partial charge in [0.2, 0.25) is 0 Å². The summed E-state index contributed by atoms with van der Waals surface area (Å²) in [5.41, 5.74) is 3.15. The summed E-state index contributed by atoms with van der Waals surface area (Å²) in [4.78, 5) is 4.69. The molecule has 3 rings (SSSR count). The summed E-state index contributed by atoms with van der Waals surface area (Å²) in [6.07, 6.45) is 0.735. The first kappa shape index (κ1) is 14.1. The van der Waals surface area contributed by atoms with Gasteiger partial charge in [0.25, 0.3) is 0 Å². The number of hydrogen-bond acceptors (Lipinski definition) is 1. The van der Waals surface area contributed by atoms with Crippen LogP contribution in [0, 0.1) is 0 Å². The van der Waals surface area contributed by atoms with Crippen LogP contribution in [0.5, 0.6) is 0 Å². The van der Waals surface area contributed by atoms with Crippen LogP contribution in [0.1, 0.15) is 5.82 Å². The minimum atomic E-state index is 0.553. The minimum Gasteiger partial charge on any atom is -0.295 e. The summed E-state index contributed by atoms with van der Waals surface area (Å²) in [7, 11) is 0. The van der Waals surface area contributed by atoms with Gasteiger partial charge < -0.3 is 0 Å². The van der Waals surface area contributed by atoms with Gasteiger partial charge in [-0.25, -0.2) is 4.98 Å². The molecule has 0 radical (unpaired) electrons. The van der Waals surface area contributed by atoms with Crippen molar-refractivity contribution in [3.8, 4) is 5.69 Å². The van der Waals surface area contributed by atoms with Gasteiger partial charge in [0, 0.05) is 21.2 Å². The van der Waals surface area contributed by atoms with Crippen LogP contribution in [-0.2, 0) is 6.42 Å². The number of hydrogen-bond donors (Lipinski definition) is 0. The smallest absolute Gasteiger partial charge is 0.115 e. The Labute approximate surface area is 139 Å². The number of aromatic nitrogens is 2. The van der Waals surface area contributed by atoms with Crippen LogP contribution in [0.4, 0.5) is 0 Å². The molecule has 2 nitrogen and oxygen atoms in total. The summed E-state index contributed by atoms with van der Waals surface area (Å²) in [5.74, 6) is 1.53. The molecule has 102 valence electrons. The fraction of sp³-hybridized carbons (Fsp3) is 0.133. The van der Waals surface area contributed by atoms with Crippen molar-refractivity contribution in [2.75, 3.05) is 5.88 Å². The van der Waals surface area contributed by atoms with Crippen LogP contribution in [0.15, 0.2) is 51.4 Å². The Kier molecular flexibility index (Phi) is 4.15. The first-order valence-corrected chi connectivity index (χ1v) is 8.30. The van der Waals surface area contributed by atoms with Crippen LogP contribution in [-0.4, -0.2) is 15.4 Å². The largest absolute Gasteiger partial charge is 0.295 e. The van der Waals surface area contributed by atoms with Crippen molar-refractivity contribution in [3.05, 3.63) is 57.2 Å². The van der Waals surface area contributed by atoms with Crippen LogP contribution in [0.3, 0.4) is 0 Å². The maximum Gasteiger partial charge on any atom is 0.115 e. The lowest BCUT2D eigenvalue weighted by molar-refractivity contribution is 0.909. The first-order valence-electron chi connectivity index (χ1n) is 6.18. The Hall–Kier alpha value is -0.840. The molecule has 0 aliphatic rings. The van der Waals surface area contributed by atoms with E-state index in [1.165, 1.54) is 0 Å². The number of halogens is 3. The summed E-state index contributed by atoms with van der Waals surface area (Å²) < 4.78 is 4.22. The van der Waals surface area contributed by atoms with Crippen molar-refractivity contribution in [2.24, 2.45) is 0 Å². The number of para-hydroxylation sites is 2. The standard InChI is InChI=1S/C15H11Br2ClN2/c16-10-5-6-13(11(17)9-10)20-14-4-2-1-3-12(14)19-15(20)7-8-18/h1-6,9H,7-8H2. The Morgan fingerprint density at radius 1 is 1.10 bits per heavy atom. The van der Waals surface area contributed by atoms with E-state index >= 15 is 0 Å². The maximum atomic E-state index is 5.92. The average molecular weight is 415 g/mol. The van der Waals surface area contributed by atoms with Gasteiger partial charge in [-0.05, 0) is 46.3 Å². The summed E-state index contributed by atoms with van der Waals surface area (Å²) in [6.45, 7) is 0. The van der Waals surface area contributed by atoms with E-state index in [1.807, 2.05) is 30.3 Å². The molecule has 0 amide bonds. The zero-order chi connectivity index (χ0) is 14.1. The lowest BCUT2D eigenvalue weighted by Gasteiger charge is -2.11. The van der Waals surface area contributed by atoms with Gasteiger partial charge in [-0.1, -0.05) is 28.1 Å². The number of aryl methyl sites for hydroxylation is 1. The second-order valence-electron chi connectivity index (χ2n) is 4.39. The zero-order valence-electron chi connectivity index (χ0n) is 10.5. The Morgan fingerprint density at radius 2 is 1.90 bits per heavy atom. The minimum absolute atomic E-state index is 0.553. The highest BCUT2D eigenvalue weighted by Crippen LogP contribution is 2.29. The Balaban J connectivity index is 2.30. The molecule has 1 heterocycles. The third-order valence-corrected chi connectivity index (χ3v) is 4.42. The molecule has 0 aliphatic carbocycles. The van der Waals surface area contributed by atoms with Gasteiger partial charge in [0.1, 0.15) is 5.82 Å². The van der Waals surface area contributed by atoms with Crippen LogP contribution in [0.2, 0.25) is 0 Å². The number of benzene rings is 2. The lowest BCUT2D eigenvalue weighted by atomic mass is 10.2. The molecule has 3 aromatic rings. The number of rotatable bonds is 3. The summed E-state index contributed by atoms with van der Waals surface area (Å²) in [6, 6.07) is 14.3. The lowest BCUT2D eigenvalue weighted by Crippen LogP contribution is -2.03. The van der Waals surface area contributed by atoms with E-state index in [0.717, 1.165) is 37.9 Å². The second kappa shape index (κ2) is 5.88. The molecule has 0 atom stereocenters. The second-order valence-corrected chi connectivity index (χ2v) is 6.53. The molecule has 0 N–H and O–H groups in total. The first-order chi connectivity index (χ1) is 9.70. The molecule has 0 saturated carbocycles. The quantitative estimate of drug-likeness (QED) is 0.530. The van der Waals surface area contributed by atoms with E-state index in [2.05, 4.69) is 53.5 Å². The van der Waals surface area contributed by atoms with E-state index in [0.29, 0.717) is 5.88 Å². The van der Waals surface area contributed by atoms with Crippen molar-refractivity contribution < 1.29 is 0 Å². The van der Waals surface area contributed by atoms with E-state index in [4.69, 9.17) is 11.6 Å². The molecule has 20 heavy (non-hydrogen) atoms. The SMILES string of the molecule is ClCCc1nc2ccccc2n1-c1ccc(Br)cc1Br. The predicted octanol–water partition coefficient (Wildman–Crippen LogP) is 5.33. The Morgan fingerprint density at radius 3 is 2.65 bits per heavy atom. The highest BCUT2D eigenvalue weighted by molar-refractivity contribution is 9.11. The fourth-order valence-electron chi connectivity index (χ4n) is 2.26. The van der Waals surface area contributed by atoms with E-state index in [9.17, 15) is 0 Å². The number of alkyl halides is 1. The summed E-state index contributed by atoms with van der Waals surface area (Å²) >= 11 is 13.0. The molecular formula is C15H11Br2ClN2. The van der Waals surface area contributed by atoms with Crippen molar-refractivity contribution in [1.82, 2.24) is 9.55 Å².